The van der Waals surface area contributed by atoms with E-state index in [9.17, 15) is 4.79 Å². The van der Waals surface area contributed by atoms with E-state index in [4.69, 9.17) is 4.74 Å². The van der Waals surface area contributed by atoms with Crippen LogP contribution in [0.25, 0.3) is 31.1 Å². The largest absolute Gasteiger partial charge is 0.454 e. The monoisotopic (exact) mass is 404 g/mol. The molecule has 0 aliphatic heterocycles. The number of hydrogen-bond donors (Lipinski definition) is 0. The van der Waals surface area contributed by atoms with Gasteiger partial charge in [0.1, 0.15) is 22.3 Å². The van der Waals surface area contributed by atoms with Gasteiger partial charge in [-0.1, -0.05) is 24.3 Å². The predicted molar refractivity (Wildman–Crippen MR) is 109 cm³/mol. The highest BCUT2D eigenvalue weighted by molar-refractivity contribution is 7.21. The van der Waals surface area contributed by atoms with Crippen molar-refractivity contribution in [2.75, 3.05) is 0 Å². The lowest BCUT2D eigenvalue weighted by molar-refractivity contribution is 0.0466. The molecule has 0 radical (unpaired) electrons. The van der Waals surface area contributed by atoms with Crippen LogP contribution in [0.2, 0.25) is 0 Å². The van der Waals surface area contributed by atoms with E-state index in [1.165, 1.54) is 28.9 Å². The molecule has 136 valence electrons. The third kappa shape index (κ3) is 3.12. The van der Waals surface area contributed by atoms with Crippen molar-refractivity contribution in [2.45, 2.75) is 6.61 Å². The van der Waals surface area contributed by atoms with Crippen molar-refractivity contribution >= 4 is 49.1 Å². The fraction of sp³-hybridized carbons (Fsp3) is 0.0500. The van der Waals surface area contributed by atoms with E-state index < -0.39 is 5.97 Å². The lowest BCUT2D eigenvalue weighted by atomic mass is 10.3. The molecule has 0 spiro atoms. The van der Waals surface area contributed by atoms with E-state index in [-0.39, 0.29) is 12.3 Å². The first-order valence-electron chi connectivity index (χ1n) is 8.46. The zero-order valence-electron chi connectivity index (χ0n) is 14.4. The molecule has 0 aliphatic rings. The summed E-state index contributed by atoms with van der Waals surface area (Å²) >= 11 is 2.97. The number of carbonyl (C=O) groups is 1. The van der Waals surface area contributed by atoms with Crippen molar-refractivity contribution in [1.82, 2.24) is 19.9 Å². The van der Waals surface area contributed by atoms with Gasteiger partial charge in [-0.25, -0.2) is 24.7 Å². The minimum absolute atomic E-state index is 0.0913. The number of fused-ring (bicyclic) bond motifs is 2. The smallest absolute Gasteiger partial charge is 0.359 e. The average molecular weight is 404 g/mol. The van der Waals surface area contributed by atoms with E-state index in [0.29, 0.717) is 10.7 Å². The number of thiazole rings is 2. The molecule has 0 unspecified atom stereocenters. The molecule has 0 saturated heterocycles. The molecule has 0 saturated carbocycles. The van der Waals surface area contributed by atoms with Gasteiger partial charge >= 0.3 is 5.97 Å². The van der Waals surface area contributed by atoms with E-state index in [1.807, 2.05) is 48.5 Å². The van der Waals surface area contributed by atoms with E-state index >= 15 is 0 Å². The van der Waals surface area contributed by atoms with Crippen LogP contribution in [0.3, 0.4) is 0 Å². The van der Waals surface area contributed by atoms with Crippen molar-refractivity contribution in [1.29, 1.82) is 0 Å². The normalized spacial score (nSPS) is 11.1. The van der Waals surface area contributed by atoms with Crippen molar-refractivity contribution in [3.8, 4) is 10.7 Å². The van der Waals surface area contributed by atoms with Gasteiger partial charge < -0.3 is 4.74 Å². The SMILES string of the molecule is O=C(OCc1nc2ccccc2s1)c1nccnc1-c1nc2ccccc2s1. The van der Waals surface area contributed by atoms with E-state index in [0.717, 1.165) is 25.4 Å². The number of aromatic nitrogens is 4. The van der Waals surface area contributed by atoms with E-state index in [2.05, 4.69) is 19.9 Å². The average Bonchev–Trinajstić information content (AvgIpc) is 3.35. The van der Waals surface area contributed by atoms with Gasteiger partial charge in [0, 0.05) is 12.4 Å². The predicted octanol–water partition coefficient (Wildman–Crippen LogP) is 4.72. The quantitative estimate of drug-likeness (QED) is 0.403. The van der Waals surface area contributed by atoms with Gasteiger partial charge in [-0.05, 0) is 24.3 Å². The summed E-state index contributed by atoms with van der Waals surface area (Å²) < 4.78 is 7.55. The standard InChI is InChI=1S/C20H12N4O2S2/c25-20(26-11-16-23-12-5-1-3-7-14(12)27-16)18-17(21-9-10-22-18)19-24-13-6-2-4-8-15(13)28-19/h1-10H,11H2. The summed E-state index contributed by atoms with van der Waals surface area (Å²) in [5.41, 5.74) is 2.34. The number of para-hydroxylation sites is 2. The number of esters is 1. The highest BCUT2D eigenvalue weighted by Crippen LogP contribution is 2.30. The maximum absolute atomic E-state index is 12.7. The third-order valence-corrected chi connectivity index (χ3v) is 6.11. The number of nitrogens with zero attached hydrogens (tertiary/aromatic N) is 4. The van der Waals surface area contributed by atoms with Crippen LogP contribution in [0.1, 0.15) is 15.5 Å². The minimum atomic E-state index is -0.540. The van der Waals surface area contributed by atoms with Gasteiger partial charge in [0.15, 0.2) is 5.69 Å². The molecule has 0 fully saturated rings. The Bertz CT molecular complexity index is 1250. The van der Waals surface area contributed by atoms with Crippen LogP contribution in [0, 0.1) is 0 Å². The fourth-order valence-electron chi connectivity index (χ4n) is 2.79. The summed E-state index contributed by atoms with van der Waals surface area (Å²) in [6, 6.07) is 15.6. The molecule has 0 N–H and O–H groups in total. The molecule has 28 heavy (non-hydrogen) atoms. The number of benzene rings is 2. The first-order valence-corrected chi connectivity index (χ1v) is 10.1. The second kappa shape index (κ2) is 7.06. The fourth-order valence-corrected chi connectivity index (χ4v) is 4.64. The highest BCUT2D eigenvalue weighted by atomic mass is 32.1. The summed E-state index contributed by atoms with van der Waals surface area (Å²) in [5, 5.41) is 1.38. The maximum Gasteiger partial charge on any atom is 0.359 e. The van der Waals surface area contributed by atoms with Crippen LogP contribution in [0.4, 0.5) is 0 Å². The Morgan fingerprint density at radius 3 is 2.29 bits per heavy atom. The summed E-state index contributed by atoms with van der Waals surface area (Å²) in [7, 11) is 0. The molecule has 6 nitrogen and oxygen atoms in total. The van der Waals surface area contributed by atoms with Crippen molar-refractivity contribution < 1.29 is 9.53 Å². The maximum atomic E-state index is 12.7. The molecule has 2 aromatic carbocycles. The van der Waals surface area contributed by atoms with Gasteiger partial charge in [-0.3, -0.25) is 0 Å². The molecule has 3 heterocycles. The molecule has 0 amide bonds. The third-order valence-electron chi connectivity index (χ3n) is 4.05. The van der Waals surface area contributed by atoms with Crippen molar-refractivity contribution in [3.05, 3.63) is 71.6 Å². The van der Waals surface area contributed by atoms with Crippen LogP contribution in [-0.4, -0.2) is 25.9 Å². The Morgan fingerprint density at radius 2 is 1.54 bits per heavy atom. The molecule has 3 aromatic heterocycles. The summed E-state index contributed by atoms with van der Waals surface area (Å²) in [5.74, 6) is -0.540. The molecule has 0 bridgehead atoms. The molecular weight excluding hydrogens is 392 g/mol. The molecule has 0 atom stereocenters. The van der Waals surface area contributed by atoms with Crippen LogP contribution >= 0.6 is 22.7 Å². The zero-order valence-corrected chi connectivity index (χ0v) is 16.0. The molecule has 5 aromatic rings. The number of ether oxygens (including phenoxy) is 1. The molecule has 5 rings (SSSR count). The number of carbonyl (C=O) groups excluding carboxylic acids is 1. The Balaban J connectivity index is 1.42. The Labute approximate surface area is 167 Å². The van der Waals surface area contributed by atoms with Gasteiger partial charge in [-0.2, -0.15) is 0 Å². The number of rotatable bonds is 4. The van der Waals surface area contributed by atoms with Crippen molar-refractivity contribution in [2.24, 2.45) is 0 Å². The summed E-state index contributed by atoms with van der Waals surface area (Å²) in [6.07, 6.45) is 3.02. The van der Waals surface area contributed by atoms with Crippen LogP contribution in [-0.2, 0) is 11.3 Å². The minimum Gasteiger partial charge on any atom is -0.454 e. The van der Waals surface area contributed by atoms with Crippen molar-refractivity contribution in [3.63, 3.8) is 0 Å². The van der Waals surface area contributed by atoms with E-state index in [1.54, 1.807) is 6.20 Å². The number of hydrogen-bond acceptors (Lipinski definition) is 8. The van der Waals surface area contributed by atoms with Gasteiger partial charge in [-0.15, -0.1) is 22.7 Å². The first-order chi connectivity index (χ1) is 13.8. The van der Waals surface area contributed by atoms with Crippen LogP contribution in [0.15, 0.2) is 60.9 Å². The lowest BCUT2D eigenvalue weighted by Gasteiger charge is -2.05. The highest BCUT2D eigenvalue weighted by Gasteiger charge is 2.20. The van der Waals surface area contributed by atoms with Crippen LogP contribution in [0.5, 0.6) is 0 Å². The molecular formula is C20H12N4O2S2. The molecule has 0 aliphatic carbocycles. The first kappa shape index (κ1) is 16.9. The van der Waals surface area contributed by atoms with Gasteiger partial charge in [0.25, 0.3) is 0 Å². The lowest BCUT2D eigenvalue weighted by Crippen LogP contribution is -2.10. The second-order valence-corrected chi connectivity index (χ2v) is 8.04. The summed E-state index contributed by atoms with van der Waals surface area (Å²) in [4.78, 5) is 30.2. The molecule has 8 heteroatoms. The Hall–Kier alpha value is -3.23. The Morgan fingerprint density at radius 1 is 0.857 bits per heavy atom. The second-order valence-electron chi connectivity index (χ2n) is 5.89. The Kier molecular flexibility index (Phi) is 4.27. The topological polar surface area (TPSA) is 77.9 Å². The summed E-state index contributed by atoms with van der Waals surface area (Å²) in [6.45, 7) is 0.0913. The zero-order chi connectivity index (χ0) is 18.9. The van der Waals surface area contributed by atoms with Gasteiger partial charge in [0.05, 0.1) is 20.4 Å². The van der Waals surface area contributed by atoms with Gasteiger partial charge in [0.2, 0.25) is 0 Å². The van der Waals surface area contributed by atoms with Crippen LogP contribution < -0.4 is 0 Å².